The van der Waals surface area contributed by atoms with Gasteiger partial charge in [0.2, 0.25) is 0 Å². The van der Waals surface area contributed by atoms with Crippen LogP contribution in [0.4, 0.5) is 5.69 Å². The van der Waals surface area contributed by atoms with Gasteiger partial charge in [0, 0.05) is 11.1 Å². The zero-order valence-electron chi connectivity index (χ0n) is 9.11. The number of nitrogens with zero attached hydrogens (tertiary/aromatic N) is 3. The normalized spacial score (nSPS) is 10.9. The molecule has 4 nitrogen and oxygen atoms in total. The number of aryl methyl sites for hydroxylation is 3. The second-order valence-corrected chi connectivity index (χ2v) is 5.01. The van der Waals surface area contributed by atoms with E-state index in [0.717, 1.165) is 22.1 Å². The largest absolute Gasteiger partial charge is 0.396 e. The second kappa shape index (κ2) is 3.66. The Morgan fingerprint density at radius 2 is 2.13 bits per heavy atom. The van der Waals surface area contributed by atoms with Crippen molar-refractivity contribution in [3.63, 3.8) is 0 Å². The van der Waals surface area contributed by atoms with Crippen LogP contribution in [0.15, 0.2) is 6.20 Å². The van der Waals surface area contributed by atoms with E-state index in [4.69, 9.17) is 5.73 Å². The first-order chi connectivity index (χ1) is 7.06. The van der Waals surface area contributed by atoms with Gasteiger partial charge in [-0.2, -0.15) is 5.10 Å². The quantitative estimate of drug-likeness (QED) is 0.844. The average Bonchev–Trinajstić information content (AvgIpc) is 2.59. The predicted octanol–water partition coefficient (Wildman–Crippen LogP) is 1.90. The molecule has 80 valence electrons. The molecular formula is C10H14N4S. The van der Waals surface area contributed by atoms with Gasteiger partial charge >= 0.3 is 0 Å². The van der Waals surface area contributed by atoms with Crippen molar-refractivity contribution in [2.24, 2.45) is 0 Å². The van der Waals surface area contributed by atoms with Crippen LogP contribution in [-0.4, -0.2) is 14.8 Å². The van der Waals surface area contributed by atoms with Crippen LogP contribution in [0.5, 0.6) is 0 Å². The first-order valence-electron chi connectivity index (χ1n) is 4.78. The summed E-state index contributed by atoms with van der Waals surface area (Å²) >= 11 is 1.72. The molecule has 0 saturated heterocycles. The van der Waals surface area contributed by atoms with Crippen LogP contribution >= 0.6 is 11.3 Å². The van der Waals surface area contributed by atoms with Gasteiger partial charge in [-0.1, -0.05) is 0 Å². The van der Waals surface area contributed by atoms with Gasteiger partial charge in [-0.15, -0.1) is 11.3 Å². The van der Waals surface area contributed by atoms with Crippen molar-refractivity contribution in [1.82, 2.24) is 14.8 Å². The highest BCUT2D eigenvalue weighted by Gasteiger charge is 2.07. The standard InChI is InChI=1S/C10H14N4S/c1-6-9(11)4-14(13-6)5-10-7(2)15-8(3)12-10/h4H,5,11H2,1-3H3. The van der Waals surface area contributed by atoms with Crippen molar-refractivity contribution in [2.75, 3.05) is 5.73 Å². The Labute approximate surface area is 92.8 Å². The fraction of sp³-hybridized carbons (Fsp3) is 0.400. The van der Waals surface area contributed by atoms with Gasteiger partial charge < -0.3 is 5.73 Å². The van der Waals surface area contributed by atoms with Crippen molar-refractivity contribution in [1.29, 1.82) is 0 Å². The molecule has 2 aromatic rings. The predicted molar refractivity (Wildman–Crippen MR) is 62.1 cm³/mol. The zero-order valence-corrected chi connectivity index (χ0v) is 9.93. The minimum atomic E-state index is 0.703. The number of nitrogen functional groups attached to an aromatic ring is 1. The molecule has 0 saturated carbocycles. The number of hydrogen-bond acceptors (Lipinski definition) is 4. The first-order valence-corrected chi connectivity index (χ1v) is 5.60. The van der Waals surface area contributed by atoms with Crippen LogP contribution in [0.25, 0.3) is 0 Å². The molecule has 0 bridgehead atoms. The van der Waals surface area contributed by atoms with Gasteiger partial charge in [0.15, 0.2) is 0 Å². The van der Waals surface area contributed by atoms with Crippen LogP contribution in [0.1, 0.15) is 21.3 Å². The highest BCUT2D eigenvalue weighted by Crippen LogP contribution is 2.18. The van der Waals surface area contributed by atoms with Crippen molar-refractivity contribution in [3.8, 4) is 0 Å². The molecule has 0 amide bonds. The lowest BCUT2D eigenvalue weighted by molar-refractivity contribution is 0.665. The van der Waals surface area contributed by atoms with Crippen LogP contribution in [-0.2, 0) is 6.54 Å². The third-order valence-corrected chi connectivity index (χ3v) is 3.22. The van der Waals surface area contributed by atoms with E-state index in [-0.39, 0.29) is 0 Å². The molecule has 0 unspecified atom stereocenters. The maximum absolute atomic E-state index is 5.74. The number of rotatable bonds is 2. The van der Waals surface area contributed by atoms with Crippen molar-refractivity contribution in [2.45, 2.75) is 27.3 Å². The first kappa shape index (κ1) is 10.2. The van der Waals surface area contributed by atoms with Crippen molar-refractivity contribution < 1.29 is 0 Å². The maximum Gasteiger partial charge on any atom is 0.0900 e. The second-order valence-electron chi connectivity index (χ2n) is 3.60. The van der Waals surface area contributed by atoms with Gasteiger partial charge in [0.25, 0.3) is 0 Å². The molecule has 0 aliphatic rings. The number of thiazole rings is 1. The molecule has 2 rings (SSSR count). The molecule has 15 heavy (non-hydrogen) atoms. The smallest absolute Gasteiger partial charge is 0.0900 e. The lowest BCUT2D eigenvalue weighted by Crippen LogP contribution is -2.02. The lowest BCUT2D eigenvalue weighted by atomic mass is 10.4. The molecule has 0 fully saturated rings. The molecule has 0 aliphatic carbocycles. The van der Waals surface area contributed by atoms with Gasteiger partial charge in [-0.3, -0.25) is 4.68 Å². The topological polar surface area (TPSA) is 56.7 Å². The molecule has 2 aromatic heterocycles. The average molecular weight is 222 g/mol. The van der Waals surface area contributed by atoms with E-state index in [1.54, 1.807) is 11.3 Å². The monoisotopic (exact) mass is 222 g/mol. The Morgan fingerprint density at radius 3 is 2.60 bits per heavy atom. The summed E-state index contributed by atoms with van der Waals surface area (Å²) in [6.07, 6.45) is 1.85. The Hall–Kier alpha value is -1.36. The molecule has 0 aromatic carbocycles. The summed E-state index contributed by atoms with van der Waals surface area (Å²) < 4.78 is 1.84. The zero-order chi connectivity index (χ0) is 11.0. The summed E-state index contributed by atoms with van der Waals surface area (Å²) in [7, 11) is 0. The summed E-state index contributed by atoms with van der Waals surface area (Å²) in [5, 5.41) is 5.41. The Balaban J connectivity index is 2.25. The third kappa shape index (κ3) is 2.02. The molecule has 0 atom stereocenters. The summed E-state index contributed by atoms with van der Waals surface area (Å²) in [4.78, 5) is 5.71. The van der Waals surface area contributed by atoms with Gasteiger partial charge in [-0.25, -0.2) is 4.98 Å². The van der Waals surface area contributed by atoms with Gasteiger partial charge in [0.1, 0.15) is 0 Å². The van der Waals surface area contributed by atoms with Crippen LogP contribution in [0.2, 0.25) is 0 Å². The number of anilines is 1. The van der Waals surface area contributed by atoms with Crippen molar-refractivity contribution >= 4 is 17.0 Å². The highest BCUT2D eigenvalue weighted by molar-refractivity contribution is 7.11. The number of nitrogens with two attached hydrogens (primary N) is 1. The summed E-state index contributed by atoms with van der Waals surface area (Å²) in [6, 6.07) is 0. The fourth-order valence-corrected chi connectivity index (χ4v) is 2.31. The summed E-state index contributed by atoms with van der Waals surface area (Å²) in [5.41, 5.74) is 8.43. The minimum Gasteiger partial charge on any atom is -0.396 e. The summed E-state index contributed by atoms with van der Waals surface area (Å²) in [5.74, 6) is 0. The molecule has 0 radical (unpaired) electrons. The maximum atomic E-state index is 5.74. The molecule has 0 aliphatic heterocycles. The Kier molecular flexibility index (Phi) is 2.48. The molecule has 5 heteroatoms. The minimum absolute atomic E-state index is 0.703. The van der Waals surface area contributed by atoms with E-state index >= 15 is 0 Å². The number of hydrogen-bond donors (Lipinski definition) is 1. The third-order valence-electron chi connectivity index (χ3n) is 2.30. The SMILES string of the molecule is Cc1nc(Cn2cc(N)c(C)n2)c(C)s1. The molecule has 2 N–H and O–H groups in total. The molecular weight excluding hydrogens is 208 g/mol. The Bertz CT molecular complexity index is 464. The number of aromatic nitrogens is 3. The van der Waals surface area contributed by atoms with Gasteiger partial charge in [0.05, 0.1) is 28.6 Å². The highest BCUT2D eigenvalue weighted by atomic mass is 32.1. The Morgan fingerprint density at radius 1 is 1.40 bits per heavy atom. The van der Waals surface area contributed by atoms with Crippen LogP contribution in [0, 0.1) is 20.8 Å². The van der Waals surface area contributed by atoms with E-state index in [1.807, 2.05) is 24.7 Å². The van der Waals surface area contributed by atoms with E-state index in [2.05, 4.69) is 17.0 Å². The van der Waals surface area contributed by atoms with E-state index in [9.17, 15) is 0 Å². The van der Waals surface area contributed by atoms with E-state index in [1.165, 1.54) is 4.88 Å². The van der Waals surface area contributed by atoms with Crippen molar-refractivity contribution in [3.05, 3.63) is 27.5 Å². The van der Waals surface area contributed by atoms with Crippen LogP contribution in [0.3, 0.4) is 0 Å². The fourth-order valence-electron chi connectivity index (χ4n) is 1.49. The van der Waals surface area contributed by atoms with Crippen LogP contribution < -0.4 is 5.73 Å². The summed E-state index contributed by atoms with van der Waals surface area (Å²) in [6.45, 7) is 6.71. The molecule has 0 spiro atoms. The van der Waals surface area contributed by atoms with Gasteiger partial charge in [-0.05, 0) is 20.8 Å². The van der Waals surface area contributed by atoms with E-state index in [0.29, 0.717) is 6.54 Å². The van der Waals surface area contributed by atoms with E-state index < -0.39 is 0 Å². The lowest BCUT2D eigenvalue weighted by Gasteiger charge is -1.98. The molecule has 2 heterocycles.